The van der Waals surface area contributed by atoms with E-state index in [0.29, 0.717) is 12.0 Å². The Bertz CT molecular complexity index is 316. The molecule has 4 rings (SSSR count). The van der Waals surface area contributed by atoms with Crippen LogP contribution in [0.2, 0.25) is 0 Å². The van der Waals surface area contributed by atoms with Crippen molar-refractivity contribution in [1.82, 2.24) is 4.90 Å². The van der Waals surface area contributed by atoms with Crippen LogP contribution in [0.5, 0.6) is 0 Å². The van der Waals surface area contributed by atoms with E-state index in [1.807, 2.05) is 0 Å². The Hall–Kier alpha value is -0.120. The van der Waals surface area contributed by atoms with Crippen molar-refractivity contribution in [3.05, 3.63) is 0 Å². The van der Waals surface area contributed by atoms with Gasteiger partial charge in [0.05, 0.1) is 11.2 Å². The highest BCUT2D eigenvalue weighted by Crippen LogP contribution is 2.48. The minimum Gasteiger partial charge on any atom is -0.387 e. The zero-order valence-corrected chi connectivity index (χ0v) is 10.5. The highest BCUT2D eigenvalue weighted by Gasteiger charge is 2.55. The van der Waals surface area contributed by atoms with Crippen LogP contribution in [-0.2, 0) is 4.74 Å². The van der Waals surface area contributed by atoms with Crippen LogP contribution in [0.15, 0.2) is 0 Å². The predicted octanol–water partition coefficient (Wildman–Crippen LogP) is 1.54. The van der Waals surface area contributed by atoms with Crippen molar-refractivity contribution in [2.75, 3.05) is 19.7 Å². The summed E-state index contributed by atoms with van der Waals surface area (Å²) in [5, 5.41) is 10.4. The second kappa shape index (κ2) is 3.46. The fraction of sp³-hybridized carbons (Fsp3) is 1.00. The summed E-state index contributed by atoms with van der Waals surface area (Å²) in [7, 11) is 0. The van der Waals surface area contributed by atoms with Crippen LogP contribution < -0.4 is 0 Å². The van der Waals surface area contributed by atoms with E-state index in [0.717, 1.165) is 19.7 Å². The van der Waals surface area contributed by atoms with E-state index >= 15 is 0 Å². The Balaban J connectivity index is 1.37. The van der Waals surface area contributed by atoms with Gasteiger partial charge in [-0.3, -0.25) is 4.90 Å². The summed E-state index contributed by atoms with van der Waals surface area (Å²) in [6.07, 6.45) is 8.77. The first kappa shape index (κ1) is 10.8. The lowest BCUT2D eigenvalue weighted by Crippen LogP contribution is -2.67. The highest BCUT2D eigenvalue weighted by molar-refractivity contribution is 5.08. The van der Waals surface area contributed by atoms with Crippen LogP contribution in [0.1, 0.15) is 44.9 Å². The maximum Gasteiger partial charge on any atom is 0.0928 e. The fourth-order valence-electron chi connectivity index (χ4n) is 4.03. The van der Waals surface area contributed by atoms with E-state index in [-0.39, 0.29) is 11.2 Å². The molecular formula is C14H23NO2. The minimum absolute atomic E-state index is 0.246. The summed E-state index contributed by atoms with van der Waals surface area (Å²) < 4.78 is 5.97. The molecule has 0 bridgehead atoms. The van der Waals surface area contributed by atoms with Gasteiger partial charge in [0.25, 0.3) is 0 Å². The molecule has 0 radical (unpaired) electrons. The maximum absolute atomic E-state index is 10.4. The Kier molecular flexibility index (Phi) is 2.19. The zero-order chi connectivity index (χ0) is 11.5. The van der Waals surface area contributed by atoms with Gasteiger partial charge in [-0.25, -0.2) is 0 Å². The summed E-state index contributed by atoms with van der Waals surface area (Å²) in [5.41, 5.74) is -0.0682. The van der Waals surface area contributed by atoms with E-state index < -0.39 is 0 Å². The normalized spacial score (nSPS) is 39.7. The van der Waals surface area contributed by atoms with E-state index in [4.69, 9.17) is 4.74 Å². The van der Waals surface area contributed by atoms with Crippen molar-refractivity contribution in [1.29, 1.82) is 0 Å². The van der Waals surface area contributed by atoms with Crippen molar-refractivity contribution in [2.24, 2.45) is 5.92 Å². The Labute approximate surface area is 103 Å². The lowest BCUT2D eigenvalue weighted by atomic mass is 9.72. The Morgan fingerprint density at radius 2 is 1.88 bits per heavy atom. The zero-order valence-electron chi connectivity index (χ0n) is 10.5. The van der Waals surface area contributed by atoms with Gasteiger partial charge in [0.2, 0.25) is 0 Å². The van der Waals surface area contributed by atoms with Crippen LogP contribution in [-0.4, -0.2) is 46.9 Å². The molecule has 0 aromatic heterocycles. The van der Waals surface area contributed by atoms with Gasteiger partial charge < -0.3 is 9.84 Å². The molecule has 2 heterocycles. The number of likely N-dealkylation sites (tertiary alicyclic amines) is 1. The van der Waals surface area contributed by atoms with Crippen molar-refractivity contribution < 1.29 is 9.84 Å². The number of aliphatic hydroxyl groups is 1. The first-order chi connectivity index (χ1) is 8.19. The molecule has 0 amide bonds. The van der Waals surface area contributed by atoms with Crippen molar-refractivity contribution in [3.63, 3.8) is 0 Å². The Morgan fingerprint density at radius 1 is 1.12 bits per heavy atom. The SMILES string of the molecule is OC1(C2CC2)CN(C2CCOC3(CCC3)C2)C1. The number of β-amino-alcohol motifs (C(OH)–C–C–N with tert-alkyl or cyclic N) is 1. The summed E-state index contributed by atoms with van der Waals surface area (Å²) in [5.74, 6) is 0.622. The summed E-state index contributed by atoms with van der Waals surface area (Å²) >= 11 is 0. The molecule has 1 unspecified atom stereocenters. The average Bonchev–Trinajstić information content (AvgIpc) is 3.07. The molecule has 0 aromatic rings. The number of ether oxygens (including phenoxy) is 1. The second-order valence-corrected chi connectivity index (χ2v) is 6.81. The summed E-state index contributed by atoms with van der Waals surface area (Å²) in [6, 6.07) is 0.683. The van der Waals surface area contributed by atoms with Crippen LogP contribution >= 0.6 is 0 Å². The van der Waals surface area contributed by atoms with Gasteiger partial charge in [-0.2, -0.15) is 0 Å². The lowest BCUT2D eigenvalue weighted by Gasteiger charge is -2.55. The topological polar surface area (TPSA) is 32.7 Å². The molecule has 0 aromatic carbocycles. The molecule has 2 saturated heterocycles. The van der Waals surface area contributed by atoms with Crippen LogP contribution in [0, 0.1) is 5.92 Å². The summed E-state index contributed by atoms with van der Waals surface area (Å²) in [6.45, 7) is 2.79. The third-order valence-corrected chi connectivity index (χ3v) is 5.54. The Morgan fingerprint density at radius 3 is 2.47 bits per heavy atom. The van der Waals surface area contributed by atoms with Gasteiger partial charge in [-0.1, -0.05) is 0 Å². The number of nitrogens with zero attached hydrogens (tertiary/aromatic N) is 1. The first-order valence-corrected chi connectivity index (χ1v) is 7.30. The quantitative estimate of drug-likeness (QED) is 0.791. The van der Waals surface area contributed by atoms with Crippen molar-refractivity contribution in [3.8, 4) is 0 Å². The largest absolute Gasteiger partial charge is 0.387 e. The van der Waals surface area contributed by atoms with Gasteiger partial charge >= 0.3 is 0 Å². The first-order valence-electron chi connectivity index (χ1n) is 7.30. The highest BCUT2D eigenvalue weighted by atomic mass is 16.5. The fourth-order valence-corrected chi connectivity index (χ4v) is 4.03. The number of rotatable bonds is 2. The van der Waals surface area contributed by atoms with Crippen LogP contribution in [0.25, 0.3) is 0 Å². The van der Waals surface area contributed by atoms with E-state index in [1.54, 1.807) is 0 Å². The van der Waals surface area contributed by atoms with Crippen LogP contribution in [0.4, 0.5) is 0 Å². The summed E-state index contributed by atoms with van der Waals surface area (Å²) in [4.78, 5) is 2.51. The van der Waals surface area contributed by atoms with Crippen LogP contribution in [0.3, 0.4) is 0 Å². The van der Waals surface area contributed by atoms with E-state index in [1.165, 1.54) is 44.9 Å². The van der Waals surface area contributed by atoms with Gasteiger partial charge in [-0.15, -0.1) is 0 Å². The van der Waals surface area contributed by atoms with E-state index in [2.05, 4.69) is 4.90 Å². The second-order valence-electron chi connectivity index (χ2n) is 6.81. The van der Waals surface area contributed by atoms with Gasteiger partial charge in [0.15, 0.2) is 0 Å². The van der Waals surface area contributed by atoms with E-state index in [9.17, 15) is 5.11 Å². The predicted molar refractivity (Wildman–Crippen MR) is 64.8 cm³/mol. The van der Waals surface area contributed by atoms with Gasteiger partial charge in [-0.05, 0) is 50.9 Å². The molecule has 4 fully saturated rings. The molecule has 2 saturated carbocycles. The molecule has 3 heteroatoms. The molecule has 2 aliphatic carbocycles. The van der Waals surface area contributed by atoms with Crippen molar-refractivity contribution in [2.45, 2.75) is 62.2 Å². The third kappa shape index (κ3) is 1.66. The molecule has 2 aliphatic heterocycles. The smallest absolute Gasteiger partial charge is 0.0928 e. The molecule has 4 aliphatic rings. The molecule has 17 heavy (non-hydrogen) atoms. The van der Waals surface area contributed by atoms with Crippen molar-refractivity contribution >= 4 is 0 Å². The van der Waals surface area contributed by atoms with Gasteiger partial charge in [0, 0.05) is 25.7 Å². The average molecular weight is 237 g/mol. The monoisotopic (exact) mass is 237 g/mol. The number of hydrogen-bond donors (Lipinski definition) is 1. The molecule has 1 N–H and O–H groups in total. The molecule has 3 nitrogen and oxygen atoms in total. The molecule has 96 valence electrons. The standard InChI is InChI=1S/C14H23NO2/c16-14(11-2-3-11)9-15(10-14)12-4-7-17-13(8-12)5-1-6-13/h11-12,16H,1-10H2. The maximum atomic E-state index is 10.4. The molecule has 1 spiro atoms. The van der Waals surface area contributed by atoms with Gasteiger partial charge in [0.1, 0.15) is 0 Å². The third-order valence-electron chi connectivity index (χ3n) is 5.54. The minimum atomic E-state index is -0.314. The molecular weight excluding hydrogens is 214 g/mol. The molecule has 1 atom stereocenters. The number of hydrogen-bond acceptors (Lipinski definition) is 3. The lowest BCUT2D eigenvalue weighted by molar-refractivity contribution is -0.185.